The van der Waals surface area contributed by atoms with E-state index in [9.17, 15) is 4.79 Å². The Balaban J connectivity index is 2.40. The van der Waals surface area contributed by atoms with E-state index in [-0.39, 0.29) is 5.97 Å². The van der Waals surface area contributed by atoms with Gasteiger partial charge in [-0.2, -0.15) is 10.2 Å². The molecule has 0 bridgehead atoms. The highest BCUT2D eigenvalue weighted by atomic mass is 16.5. The van der Waals surface area contributed by atoms with Crippen LogP contribution < -0.4 is 0 Å². The third-order valence-corrected chi connectivity index (χ3v) is 2.20. The monoisotopic (exact) mass is 216 g/mol. The number of hydrogen-bond donors (Lipinski definition) is 0. The van der Waals surface area contributed by atoms with Gasteiger partial charge in [0.15, 0.2) is 0 Å². The first-order valence-corrected chi connectivity index (χ1v) is 5.20. The Morgan fingerprint density at radius 1 is 1.38 bits per heavy atom. The number of esters is 1. The average Bonchev–Trinajstić information content (AvgIpc) is 2.35. The number of ether oxygens (including phenoxy) is 1. The fourth-order valence-electron chi connectivity index (χ4n) is 1.44. The number of nitrogens with zero attached hydrogens (tertiary/aromatic N) is 2. The van der Waals surface area contributed by atoms with Gasteiger partial charge in [-0.25, -0.2) is 4.79 Å². The van der Waals surface area contributed by atoms with Crippen LogP contribution in [0.5, 0.6) is 0 Å². The molecule has 2 aromatic rings. The molecule has 0 atom stereocenters. The van der Waals surface area contributed by atoms with Crippen LogP contribution in [0.1, 0.15) is 23.7 Å². The zero-order valence-electron chi connectivity index (χ0n) is 9.01. The Kier molecular flexibility index (Phi) is 3.10. The third-order valence-electron chi connectivity index (χ3n) is 2.20. The molecule has 0 unspecified atom stereocenters. The van der Waals surface area contributed by atoms with Crippen LogP contribution in [0.3, 0.4) is 0 Å². The molecule has 4 nitrogen and oxygen atoms in total. The fraction of sp³-hybridized carbons (Fsp3) is 0.250. The van der Waals surface area contributed by atoms with E-state index < -0.39 is 0 Å². The van der Waals surface area contributed by atoms with E-state index in [2.05, 4.69) is 10.2 Å². The quantitative estimate of drug-likeness (QED) is 0.738. The van der Waals surface area contributed by atoms with Crippen LogP contribution in [0, 0.1) is 0 Å². The Hall–Kier alpha value is -1.97. The van der Waals surface area contributed by atoms with Crippen molar-refractivity contribution in [2.24, 2.45) is 0 Å². The first-order chi connectivity index (χ1) is 7.83. The topological polar surface area (TPSA) is 52.1 Å². The van der Waals surface area contributed by atoms with Crippen LogP contribution in [0.2, 0.25) is 0 Å². The van der Waals surface area contributed by atoms with Crippen LogP contribution in [0.25, 0.3) is 10.9 Å². The molecular weight excluding hydrogens is 204 g/mol. The molecule has 2 rings (SSSR count). The first kappa shape index (κ1) is 10.5. The van der Waals surface area contributed by atoms with Crippen molar-refractivity contribution in [3.63, 3.8) is 0 Å². The molecule has 0 aliphatic rings. The lowest BCUT2D eigenvalue weighted by Crippen LogP contribution is -2.07. The maximum Gasteiger partial charge on any atom is 0.340 e. The minimum absolute atomic E-state index is 0.340. The maximum atomic E-state index is 11.7. The molecule has 82 valence electrons. The smallest absolute Gasteiger partial charge is 0.340 e. The lowest BCUT2D eigenvalue weighted by Gasteiger charge is -2.04. The van der Waals surface area contributed by atoms with Gasteiger partial charge in [0.1, 0.15) is 0 Å². The second kappa shape index (κ2) is 4.70. The summed E-state index contributed by atoms with van der Waals surface area (Å²) in [6, 6.07) is 7.38. The molecule has 0 aliphatic heterocycles. The molecular formula is C12H12N2O2. The zero-order valence-corrected chi connectivity index (χ0v) is 9.01. The van der Waals surface area contributed by atoms with Crippen LogP contribution in [-0.2, 0) is 4.74 Å². The molecule has 0 spiro atoms. The predicted octanol–water partition coefficient (Wildman–Crippen LogP) is 2.20. The van der Waals surface area contributed by atoms with Crippen molar-refractivity contribution in [2.75, 3.05) is 6.61 Å². The number of benzene rings is 1. The lowest BCUT2D eigenvalue weighted by atomic mass is 10.1. The van der Waals surface area contributed by atoms with Gasteiger partial charge in [0.2, 0.25) is 0 Å². The molecule has 4 heteroatoms. The van der Waals surface area contributed by atoms with E-state index in [1.165, 1.54) is 6.20 Å². The van der Waals surface area contributed by atoms with Crippen LogP contribution in [-0.4, -0.2) is 22.8 Å². The molecule has 0 saturated heterocycles. The summed E-state index contributed by atoms with van der Waals surface area (Å²) in [6.45, 7) is 2.38. The highest BCUT2D eigenvalue weighted by molar-refractivity contribution is 6.02. The van der Waals surface area contributed by atoms with Gasteiger partial charge in [-0.3, -0.25) is 0 Å². The van der Waals surface area contributed by atoms with Gasteiger partial charge in [-0.1, -0.05) is 25.1 Å². The van der Waals surface area contributed by atoms with Crippen LogP contribution in [0.4, 0.5) is 0 Å². The summed E-state index contributed by atoms with van der Waals surface area (Å²) in [4.78, 5) is 11.7. The second-order valence-electron chi connectivity index (χ2n) is 3.41. The van der Waals surface area contributed by atoms with E-state index >= 15 is 0 Å². The largest absolute Gasteiger partial charge is 0.462 e. The van der Waals surface area contributed by atoms with Crippen molar-refractivity contribution in [3.05, 3.63) is 36.0 Å². The fourth-order valence-corrected chi connectivity index (χ4v) is 1.44. The molecule has 1 aromatic carbocycles. The highest BCUT2D eigenvalue weighted by Crippen LogP contribution is 2.15. The number of hydrogen-bond acceptors (Lipinski definition) is 4. The third kappa shape index (κ3) is 2.00. The molecule has 0 amide bonds. The molecule has 1 aromatic heterocycles. The Morgan fingerprint density at radius 2 is 2.19 bits per heavy atom. The van der Waals surface area contributed by atoms with Gasteiger partial charge in [-0.15, -0.1) is 0 Å². The number of aromatic nitrogens is 2. The van der Waals surface area contributed by atoms with Gasteiger partial charge in [0.25, 0.3) is 0 Å². The summed E-state index contributed by atoms with van der Waals surface area (Å²) in [5.74, 6) is -0.340. The standard InChI is InChI=1S/C12H12N2O2/c1-2-7-16-12(15)10-8-13-14-11-6-4-3-5-9(10)11/h3-6,8H,2,7H2,1H3. The second-order valence-corrected chi connectivity index (χ2v) is 3.41. The van der Waals surface area contributed by atoms with Crippen LogP contribution in [0.15, 0.2) is 30.5 Å². The number of carbonyl (C=O) groups excluding carboxylic acids is 1. The van der Waals surface area contributed by atoms with E-state index in [1.54, 1.807) is 0 Å². The summed E-state index contributed by atoms with van der Waals surface area (Å²) >= 11 is 0. The predicted molar refractivity (Wildman–Crippen MR) is 60.1 cm³/mol. The average molecular weight is 216 g/mol. The summed E-state index contributed by atoms with van der Waals surface area (Å²) in [7, 11) is 0. The van der Waals surface area contributed by atoms with Crippen molar-refractivity contribution in [3.8, 4) is 0 Å². The highest BCUT2D eigenvalue weighted by Gasteiger charge is 2.11. The molecule has 0 fully saturated rings. The molecule has 0 aliphatic carbocycles. The molecule has 0 radical (unpaired) electrons. The first-order valence-electron chi connectivity index (χ1n) is 5.20. The van der Waals surface area contributed by atoms with E-state index in [0.717, 1.165) is 11.8 Å². The molecule has 0 N–H and O–H groups in total. The normalized spacial score (nSPS) is 10.3. The Bertz CT molecular complexity index is 506. The molecule has 0 saturated carbocycles. The molecule has 1 heterocycles. The SMILES string of the molecule is CCCOC(=O)c1cnnc2ccccc12. The minimum Gasteiger partial charge on any atom is -0.462 e. The number of fused-ring (bicyclic) bond motifs is 1. The molecule has 16 heavy (non-hydrogen) atoms. The summed E-state index contributed by atoms with van der Waals surface area (Å²) in [5, 5.41) is 8.51. The van der Waals surface area contributed by atoms with E-state index in [0.29, 0.717) is 17.7 Å². The summed E-state index contributed by atoms with van der Waals surface area (Å²) in [5.41, 5.74) is 1.17. The van der Waals surface area contributed by atoms with Crippen LogP contribution >= 0.6 is 0 Å². The van der Waals surface area contributed by atoms with Crippen molar-refractivity contribution in [1.82, 2.24) is 10.2 Å². The van der Waals surface area contributed by atoms with Crippen molar-refractivity contribution < 1.29 is 9.53 Å². The summed E-state index contributed by atoms with van der Waals surface area (Å²) in [6.07, 6.45) is 2.25. The number of carbonyl (C=O) groups is 1. The number of rotatable bonds is 3. The summed E-state index contributed by atoms with van der Waals surface area (Å²) < 4.78 is 5.08. The van der Waals surface area contributed by atoms with Crippen molar-refractivity contribution >= 4 is 16.9 Å². The minimum atomic E-state index is -0.340. The van der Waals surface area contributed by atoms with Crippen molar-refractivity contribution in [1.29, 1.82) is 0 Å². The van der Waals surface area contributed by atoms with E-state index in [1.807, 2.05) is 31.2 Å². The van der Waals surface area contributed by atoms with Gasteiger partial charge in [0.05, 0.1) is 23.9 Å². The zero-order chi connectivity index (χ0) is 11.4. The Labute approximate surface area is 93.3 Å². The van der Waals surface area contributed by atoms with Gasteiger partial charge >= 0.3 is 5.97 Å². The lowest BCUT2D eigenvalue weighted by molar-refractivity contribution is 0.0507. The maximum absolute atomic E-state index is 11.7. The Morgan fingerprint density at radius 3 is 3.00 bits per heavy atom. The van der Waals surface area contributed by atoms with Gasteiger partial charge in [0, 0.05) is 5.39 Å². The van der Waals surface area contributed by atoms with Crippen molar-refractivity contribution in [2.45, 2.75) is 13.3 Å². The van der Waals surface area contributed by atoms with Gasteiger partial charge in [-0.05, 0) is 12.5 Å². The van der Waals surface area contributed by atoms with Gasteiger partial charge < -0.3 is 4.74 Å². The van der Waals surface area contributed by atoms with E-state index in [4.69, 9.17) is 4.74 Å².